The fraction of sp³-hybridized carbons (Fsp3) is 0.250. The van der Waals surface area contributed by atoms with E-state index in [1.807, 2.05) is 18.2 Å². The molecule has 0 unspecified atom stereocenters. The highest BCUT2D eigenvalue weighted by Crippen LogP contribution is 2.16. The van der Waals surface area contributed by atoms with Crippen molar-refractivity contribution in [1.82, 2.24) is 5.32 Å². The minimum Gasteiger partial charge on any atom is -0.398 e. The standard InChI is InChI=1S/C16H20N2/c1-12-6-5-8-14(10-12)13(2)18-11-15-7-3-4-9-16(15)17/h3-10,13,18H,11,17H2,1-2H3/t13-/m1/s1. The number of nitrogens with two attached hydrogens (primary N) is 1. The van der Waals surface area contributed by atoms with Crippen molar-refractivity contribution in [2.24, 2.45) is 0 Å². The third-order valence-electron chi connectivity index (χ3n) is 3.20. The van der Waals surface area contributed by atoms with Crippen LogP contribution in [0.15, 0.2) is 48.5 Å². The summed E-state index contributed by atoms with van der Waals surface area (Å²) in [5, 5.41) is 3.50. The monoisotopic (exact) mass is 240 g/mol. The molecule has 2 aromatic rings. The van der Waals surface area contributed by atoms with Crippen molar-refractivity contribution in [3.8, 4) is 0 Å². The van der Waals surface area contributed by atoms with Crippen molar-refractivity contribution in [2.75, 3.05) is 5.73 Å². The number of nitrogens with one attached hydrogen (secondary N) is 1. The summed E-state index contributed by atoms with van der Waals surface area (Å²) in [6, 6.07) is 16.9. The number of aryl methyl sites for hydroxylation is 1. The summed E-state index contributed by atoms with van der Waals surface area (Å²) in [5.74, 6) is 0. The van der Waals surface area contributed by atoms with E-state index in [9.17, 15) is 0 Å². The molecule has 0 aliphatic heterocycles. The molecule has 2 rings (SSSR count). The molecule has 0 aliphatic rings. The van der Waals surface area contributed by atoms with E-state index in [0.29, 0.717) is 6.04 Å². The molecule has 2 heteroatoms. The minimum absolute atomic E-state index is 0.324. The van der Waals surface area contributed by atoms with Crippen LogP contribution in [0.4, 0.5) is 5.69 Å². The summed E-state index contributed by atoms with van der Waals surface area (Å²) < 4.78 is 0. The first kappa shape index (κ1) is 12.7. The summed E-state index contributed by atoms with van der Waals surface area (Å²) in [4.78, 5) is 0. The van der Waals surface area contributed by atoms with Gasteiger partial charge in [-0.2, -0.15) is 0 Å². The van der Waals surface area contributed by atoms with Crippen molar-refractivity contribution >= 4 is 5.69 Å². The van der Waals surface area contributed by atoms with Crippen LogP contribution >= 0.6 is 0 Å². The maximum atomic E-state index is 5.93. The van der Waals surface area contributed by atoms with Gasteiger partial charge in [-0.05, 0) is 31.0 Å². The van der Waals surface area contributed by atoms with Crippen LogP contribution in [0, 0.1) is 6.92 Å². The molecule has 0 aliphatic carbocycles. The number of para-hydroxylation sites is 1. The van der Waals surface area contributed by atoms with Gasteiger partial charge in [-0.3, -0.25) is 0 Å². The van der Waals surface area contributed by atoms with E-state index in [4.69, 9.17) is 5.73 Å². The van der Waals surface area contributed by atoms with Gasteiger partial charge in [0.15, 0.2) is 0 Å². The van der Waals surface area contributed by atoms with Gasteiger partial charge in [-0.1, -0.05) is 48.0 Å². The summed E-state index contributed by atoms with van der Waals surface area (Å²) in [5.41, 5.74) is 10.5. The topological polar surface area (TPSA) is 38.0 Å². The van der Waals surface area contributed by atoms with Crippen LogP contribution in [0.25, 0.3) is 0 Å². The molecule has 0 saturated heterocycles. The van der Waals surface area contributed by atoms with Crippen molar-refractivity contribution in [2.45, 2.75) is 26.4 Å². The zero-order chi connectivity index (χ0) is 13.0. The van der Waals surface area contributed by atoms with Gasteiger partial charge in [-0.25, -0.2) is 0 Å². The van der Waals surface area contributed by atoms with Gasteiger partial charge in [0.1, 0.15) is 0 Å². The summed E-state index contributed by atoms with van der Waals surface area (Å²) in [6.07, 6.45) is 0. The Kier molecular flexibility index (Phi) is 4.00. The molecule has 0 fully saturated rings. The third kappa shape index (κ3) is 3.11. The maximum absolute atomic E-state index is 5.93. The fourth-order valence-corrected chi connectivity index (χ4v) is 2.02. The van der Waals surface area contributed by atoms with Crippen molar-refractivity contribution in [3.63, 3.8) is 0 Å². The molecule has 2 aromatic carbocycles. The molecular weight excluding hydrogens is 220 g/mol. The van der Waals surface area contributed by atoms with E-state index >= 15 is 0 Å². The van der Waals surface area contributed by atoms with E-state index in [-0.39, 0.29) is 0 Å². The van der Waals surface area contributed by atoms with E-state index in [2.05, 4.69) is 49.5 Å². The number of hydrogen-bond acceptors (Lipinski definition) is 2. The second-order valence-corrected chi connectivity index (χ2v) is 4.72. The van der Waals surface area contributed by atoms with Gasteiger partial charge in [-0.15, -0.1) is 0 Å². The first-order valence-corrected chi connectivity index (χ1v) is 6.30. The highest BCUT2D eigenvalue weighted by atomic mass is 14.9. The summed E-state index contributed by atoms with van der Waals surface area (Å²) in [6.45, 7) is 5.08. The summed E-state index contributed by atoms with van der Waals surface area (Å²) in [7, 11) is 0. The van der Waals surface area contributed by atoms with Crippen LogP contribution in [0.1, 0.15) is 29.7 Å². The lowest BCUT2D eigenvalue weighted by Gasteiger charge is -2.15. The second-order valence-electron chi connectivity index (χ2n) is 4.72. The largest absolute Gasteiger partial charge is 0.398 e. The Hall–Kier alpha value is -1.80. The van der Waals surface area contributed by atoms with E-state index < -0.39 is 0 Å². The number of rotatable bonds is 4. The quantitative estimate of drug-likeness (QED) is 0.803. The molecule has 0 bridgehead atoms. The van der Waals surface area contributed by atoms with Crippen molar-refractivity contribution in [1.29, 1.82) is 0 Å². The van der Waals surface area contributed by atoms with E-state index in [0.717, 1.165) is 17.8 Å². The van der Waals surface area contributed by atoms with Crippen LogP contribution < -0.4 is 11.1 Å². The lowest BCUT2D eigenvalue weighted by atomic mass is 10.1. The van der Waals surface area contributed by atoms with Gasteiger partial charge in [0, 0.05) is 18.3 Å². The predicted octanol–water partition coefficient (Wildman–Crippen LogP) is 3.43. The molecule has 0 aromatic heterocycles. The first-order valence-electron chi connectivity index (χ1n) is 6.30. The molecule has 0 radical (unpaired) electrons. The van der Waals surface area contributed by atoms with E-state index in [1.165, 1.54) is 11.1 Å². The second kappa shape index (κ2) is 5.69. The van der Waals surface area contributed by atoms with Crippen LogP contribution in [-0.2, 0) is 6.54 Å². The molecule has 0 amide bonds. The summed E-state index contributed by atoms with van der Waals surface area (Å²) >= 11 is 0. The van der Waals surface area contributed by atoms with Crippen LogP contribution in [0.3, 0.4) is 0 Å². The predicted molar refractivity (Wildman–Crippen MR) is 77.3 cm³/mol. The molecule has 0 heterocycles. The molecule has 18 heavy (non-hydrogen) atoms. The van der Waals surface area contributed by atoms with Gasteiger partial charge >= 0.3 is 0 Å². The normalized spacial score (nSPS) is 12.3. The molecule has 2 nitrogen and oxygen atoms in total. The zero-order valence-corrected chi connectivity index (χ0v) is 11.0. The maximum Gasteiger partial charge on any atom is 0.0359 e. The zero-order valence-electron chi connectivity index (χ0n) is 11.0. The number of anilines is 1. The average molecular weight is 240 g/mol. The van der Waals surface area contributed by atoms with Gasteiger partial charge in [0.25, 0.3) is 0 Å². The first-order chi connectivity index (χ1) is 8.66. The van der Waals surface area contributed by atoms with Gasteiger partial charge < -0.3 is 11.1 Å². The molecule has 94 valence electrons. The third-order valence-corrected chi connectivity index (χ3v) is 3.20. The number of nitrogen functional groups attached to an aromatic ring is 1. The smallest absolute Gasteiger partial charge is 0.0359 e. The highest BCUT2D eigenvalue weighted by molar-refractivity contribution is 5.46. The Balaban J connectivity index is 2.00. The Labute approximate surface area is 109 Å². The van der Waals surface area contributed by atoms with Crippen LogP contribution in [-0.4, -0.2) is 0 Å². The minimum atomic E-state index is 0.324. The van der Waals surface area contributed by atoms with E-state index in [1.54, 1.807) is 0 Å². The fourth-order valence-electron chi connectivity index (χ4n) is 2.02. The molecule has 0 saturated carbocycles. The number of hydrogen-bond donors (Lipinski definition) is 2. The Morgan fingerprint density at radius 1 is 1.11 bits per heavy atom. The molecule has 1 atom stereocenters. The van der Waals surface area contributed by atoms with Crippen molar-refractivity contribution < 1.29 is 0 Å². The number of benzene rings is 2. The SMILES string of the molecule is Cc1cccc([C@@H](C)NCc2ccccc2N)c1. The molecule has 3 N–H and O–H groups in total. The highest BCUT2D eigenvalue weighted by Gasteiger charge is 2.05. The van der Waals surface area contributed by atoms with Crippen molar-refractivity contribution in [3.05, 3.63) is 65.2 Å². The van der Waals surface area contributed by atoms with Gasteiger partial charge in [0.05, 0.1) is 0 Å². The molecule has 0 spiro atoms. The molecular formula is C16H20N2. The van der Waals surface area contributed by atoms with Gasteiger partial charge in [0.2, 0.25) is 0 Å². The lowest BCUT2D eigenvalue weighted by molar-refractivity contribution is 0.575. The van der Waals surface area contributed by atoms with Crippen LogP contribution in [0.2, 0.25) is 0 Å². The average Bonchev–Trinajstić information content (AvgIpc) is 2.37. The Bertz CT molecular complexity index is 520. The Morgan fingerprint density at radius 3 is 2.61 bits per heavy atom. The van der Waals surface area contributed by atoms with Crippen LogP contribution in [0.5, 0.6) is 0 Å². The Morgan fingerprint density at radius 2 is 1.89 bits per heavy atom. The lowest BCUT2D eigenvalue weighted by Crippen LogP contribution is -2.18.